The first kappa shape index (κ1) is 41.0. The summed E-state index contributed by atoms with van der Waals surface area (Å²) in [6, 6.07) is 25.3. The summed E-state index contributed by atoms with van der Waals surface area (Å²) in [6.45, 7) is 2.58. The van der Waals surface area contributed by atoms with Crippen LogP contribution in [0.3, 0.4) is 0 Å². The summed E-state index contributed by atoms with van der Waals surface area (Å²) in [7, 11) is 0. The maximum atomic E-state index is 13.3. The van der Waals surface area contributed by atoms with Crippen LogP contribution in [0.2, 0.25) is 0 Å². The van der Waals surface area contributed by atoms with Crippen molar-refractivity contribution in [2.24, 2.45) is 0 Å². The van der Waals surface area contributed by atoms with Crippen LogP contribution >= 0.6 is 0 Å². The molecule has 0 aliphatic carbocycles. The van der Waals surface area contributed by atoms with Gasteiger partial charge in [0.2, 0.25) is 0 Å². The minimum absolute atomic E-state index is 0.0747. The van der Waals surface area contributed by atoms with Crippen LogP contribution in [-0.4, -0.2) is 65.3 Å². The molecule has 11 nitrogen and oxygen atoms in total. The van der Waals surface area contributed by atoms with E-state index in [1.165, 1.54) is 38.5 Å². The van der Waals surface area contributed by atoms with Gasteiger partial charge in [0.25, 0.3) is 5.56 Å². The number of hydrogen-bond donors (Lipinski definition) is 0. The number of hydrogen-bond acceptors (Lipinski definition) is 10. The topological polar surface area (TPSA) is 132 Å². The van der Waals surface area contributed by atoms with Crippen molar-refractivity contribution in [1.82, 2.24) is 9.55 Å². The second-order valence-electron chi connectivity index (χ2n) is 13.7. The van der Waals surface area contributed by atoms with E-state index in [4.69, 9.17) is 23.7 Å². The Bertz CT molecular complexity index is 1820. The summed E-state index contributed by atoms with van der Waals surface area (Å²) < 4.78 is 31.5. The molecular weight excluding hydrogens is 700 g/mol. The Morgan fingerprint density at radius 1 is 0.673 bits per heavy atom. The number of benzene rings is 3. The first-order chi connectivity index (χ1) is 26.9. The molecule has 3 aromatic carbocycles. The molecule has 1 aliphatic heterocycles. The number of carbonyl (C=O) groups excluding carboxylic acids is 3. The van der Waals surface area contributed by atoms with E-state index in [9.17, 15) is 19.2 Å². The zero-order valence-electron chi connectivity index (χ0n) is 31.6. The SMILES string of the molecule is CCCCCCCCCCc1nccn(CCCCO[C@@H]2O[C@H](COC(=O)c3ccccc3)[C@@H](OC(=O)c3ccccc3)[C@H]2OC(=O)c2ccccc2)c1=O. The van der Waals surface area contributed by atoms with Crippen molar-refractivity contribution >= 4 is 17.9 Å². The number of unbranched alkanes of at least 4 members (excludes halogenated alkanes) is 8. The van der Waals surface area contributed by atoms with Gasteiger partial charge in [-0.1, -0.05) is 106 Å². The Morgan fingerprint density at radius 2 is 1.22 bits per heavy atom. The molecule has 0 radical (unpaired) electrons. The van der Waals surface area contributed by atoms with Crippen LogP contribution in [0, 0.1) is 0 Å². The third kappa shape index (κ3) is 12.7. The lowest BCUT2D eigenvalue weighted by Crippen LogP contribution is -2.42. The highest BCUT2D eigenvalue weighted by Crippen LogP contribution is 2.30. The highest BCUT2D eigenvalue weighted by atomic mass is 16.7. The summed E-state index contributed by atoms with van der Waals surface area (Å²) >= 11 is 0. The van der Waals surface area contributed by atoms with Crippen molar-refractivity contribution in [2.75, 3.05) is 13.2 Å². The van der Waals surface area contributed by atoms with E-state index >= 15 is 0 Å². The van der Waals surface area contributed by atoms with Gasteiger partial charge >= 0.3 is 17.9 Å². The van der Waals surface area contributed by atoms with Gasteiger partial charge in [-0.15, -0.1) is 0 Å². The fourth-order valence-electron chi connectivity index (χ4n) is 6.42. The van der Waals surface area contributed by atoms with Gasteiger partial charge in [-0.05, 0) is 62.1 Å². The molecule has 4 atom stereocenters. The van der Waals surface area contributed by atoms with Gasteiger partial charge in [-0.2, -0.15) is 0 Å². The van der Waals surface area contributed by atoms with Crippen LogP contribution < -0.4 is 5.56 Å². The predicted octanol–water partition coefficient (Wildman–Crippen LogP) is 7.76. The summed E-state index contributed by atoms with van der Waals surface area (Å²) in [5.74, 6) is -1.92. The maximum Gasteiger partial charge on any atom is 0.338 e. The lowest BCUT2D eigenvalue weighted by Gasteiger charge is -2.24. The van der Waals surface area contributed by atoms with E-state index in [0.29, 0.717) is 37.1 Å². The quantitative estimate of drug-likeness (QED) is 0.0446. The third-order valence-corrected chi connectivity index (χ3v) is 9.49. The Kier molecular flexibility index (Phi) is 16.6. The second kappa shape index (κ2) is 22.3. The Hall–Kier alpha value is -5.13. The molecular formula is C44H52N2O9. The van der Waals surface area contributed by atoms with Crippen LogP contribution in [-0.2, 0) is 36.6 Å². The van der Waals surface area contributed by atoms with Crippen molar-refractivity contribution in [3.63, 3.8) is 0 Å². The van der Waals surface area contributed by atoms with Crippen molar-refractivity contribution < 1.29 is 38.1 Å². The van der Waals surface area contributed by atoms with Crippen LogP contribution in [0.25, 0.3) is 0 Å². The average molecular weight is 753 g/mol. The molecule has 0 spiro atoms. The van der Waals surface area contributed by atoms with Crippen LogP contribution in [0.5, 0.6) is 0 Å². The molecule has 4 aromatic rings. The number of aromatic nitrogens is 2. The van der Waals surface area contributed by atoms with E-state index in [2.05, 4.69) is 11.9 Å². The molecule has 292 valence electrons. The summed E-state index contributed by atoms with van der Waals surface area (Å²) in [6.07, 6.45) is 10.2. The smallest absolute Gasteiger partial charge is 0.338 e. The van der Waals surface area contributed by atoms with Crippen molar-refractivity contribution in [3.05, 3.63) is 136 Å². The Morgan fingerprint density at radius 3 is 1.82 bits per heavy atom. The van der Waals surface area contributed by atoms with Crippen molar-refractivity contribution in [2.45, 2.75) is 109 Å². The fourth-order valence-corrected chi connectivity index (χ4v) is 6.42. The van der Waals surface area contributed by atoms with Crippen molar-refractivity contribution in [3.8, 4) is 0 Å². The molecule has 1 aliphatic rings. The normalized spacial score (nSPS) is 17.8. The molecule has 0 N–H and O–H groups in total. The van der Waals surface area contributed by atoms with Crippen LogP contribution in [0.4, 0.5) is 0 Å². The third-order valence-electron chi connectivity index (χ3n) is 9.49. The molecule has 0 amide bonds. The number of carbonyl (C=O) groups is 3. The standard InChI is InChI=1S/C44H52N2O9/c1-2-3-4-5-6-7-8-18-27-36-40(47)46(30-28-45-36)29-19-20-31-51-44-39(55-43(50)35-25-16-11-17-26-35)38(54-42(49)34-23-14-10-15-24-34)37(53-44)32-52-41(48)33-21-12-9-13-22-33/h9-17,21-26,28,30,37-39,44H,2-8,18-20,27,29,31-32H2,1H3/t37-,38-,39-,44-/m1/s1. The van der Waals surface area contributed by atoms with E-state index in [1.54, 1.807) is 108 Å². The molecule has 0 unspecified atom stereocenters. The summed E-state index contributed by atoms with van der Waals surface area (Å²) in [5.41, 5.74) is 1.42. The fraction of sp³-hybridized carbons (Fsp3) is 0.432. The largest absolute Gasteiger partial charge is 0.459 e. The van der Waals surface area contributed by atoms with Gasteiger partial charge in [0.05, 0.1) is 16.7 Å². The number of nitrogens with zero attached hydrogens (tertiary/aromatic N) is 2. The van der Waals surface area contributed by atoms with Gasteiger partial charge in [0, 0.05) is 25.5 Å². The molecule has 1 fully saturated rings. The number of ether oxygens (including phenoxy) is 5. The predicted molar refractivity (Wildman–Crippen MR) is 207 cm³/mol. The lowest BCUT2D eigenvalue weighted by molar-refractivity contribution is -0.171. The van der Waals surface area contributed by atoms with Gasteiger partial charge < -0.3 is 28.3 Å². The number of rotatable bonds is 22. The molecule has 1 saturated heterocycles. The molecule has 0 bridgehead atoms. The zero-order chi connectivity index (χ0) is 38.7. The minimum Gasteiger partial charge on any atom is -0.459 e. The zero-order valence-corrected chi connectivity index (χ0v) is 31.6. The molecule has 5 rings (SSSR count). The van der Waals surface area contributed by atoms with E-state index in [0.717, 1.165) is 12.8 Å². The molecule has 11 heteroatoms. The highest BCUT2D eigenvalue weighted by Gasteiger charge is 2.51. The monoisotopic (exact) mass is 752 g/mol. The van der Waals surface area contributed by atoms with Gasteiger partial charge in [0.15, 0.2) is 18.5 Å². The first-order valence-corrected chi connectivity index (χ1v) is 19.5. The molecule has 2 heterocycles. The molecule has 55 heavy (non-hydrogen) atoms. The minimum atomic E-state index is -1.19. The number of esters is 3. The molecule has 0 saturated carbocycles. The lowest BCUT2D eigenvalue weighted by atomic mass is 10.1. The van der Waals surface area contributed by atoms with E-state index < -0.39 is 42.5 Å². The second-order valence-corrected chi connectivity index (χ2v) is 13.7. The van der Waals surface area contributed by atoms with Gasteiger partial charge in [-0.3, -0.25) is 9.78 Å². The molecule has 1 aromatic heterocycles. The van der Waals surface area contributed by atoms with E-state index in [-0.39, 0.29) is 29.9 Å². The van der Waals surface area contributed by atoms with Crippen LogP contribution in [0.15, 0.2) is 108 Å². The first-order valence-electron chi connectivity index (χ1n) is 19.5. The maximum absolute atomic E-state index is 13.3. The average Bonchev–Trinajstić information content (AvgIpc) is 3.54. The summed E-state index contributed by atoms with van der Waals surface area (Å²) in [5, 5.41) is 0. The van der Waals surface area contributed by atoms with E-state index in [1.807, 2.05) is 0 Å². The van der Waals surface area contributed by atoms with Crippen molar-refractivity contribution in [1.29, 1.82) is 0 Å². The van der Waals surface area contributed by atoms with Gasteiger partial charge in [0.1, 0.15) is 18.4 Å². The summed E-state index contributed by atoms with van der Waals surface area (Å²) in [4.78, 5) is 57.0. The number of aryl methyl sites for hydroxylation is 2. The van der Waals surface area contributed by atoms with Crippen LogP contribution in [0.1, 0.15) is 108 Å². The Labute approximate surface area is 322 Å². The highest BCUT2D eigenvalue weighted by molar-refractivity contribution is 5.91. The Balaban J connectivity index is 1.22. The van der Waals surface area contributed by atoms with Gasteiger partial charge in [-0.25, -0.2) is 14.4 Å².